The molecule has 2 N–H and O–H groups in total. The maximum absolute atomic E-state index is 12.1. The summed E-state index contributed by atoms with van der Waals surface area (Å²) in [5.74, 6) is 0.755. The highest BCUT2D eigenvalue weighted by atomic mass is 16.6. The van der Waals surface area contributed by atoms with Gasteiger partial charge in [0.2, 0.25) is 0 Å². The van der Waals surface area contributed by atoms with E-state index < -0.39 is 5.60 Å². The number of methoxy groups -OCH3 is 1. The summed E-state index contributed by atoms with van der Waals surface area (Å²) in [7, 11) is 1.63. The van der Waals surface area contributed by atoms with Gasteiger partial charge in [-0.3, -0.25) is 0 Å². The molecule has 6 heteroatoms. The van der Waals surface area contributed by atoms with Crippen LogP contribution in [0.1, 0.15) is 20.8 Å². The Morgan fingerprint density at radius 3 is 2.36 bits per heavy atom. The number of carbonyl (C=O) groups is 1. The Morgan fingerprint density at radius 1 is 1.18 bits per heavy atom. The smallest absolute Gasteiger partial charge is 0.410 e. The molecule has 0 radical (unpaired) electrons. The topological polar surface area (TPSA) is 68.0 Å². The monoisotopic (exact) mass is 307 g/mol. The van der Waals surface area contributed by atoms with E-state index in [2.05, 4.69) is 4.90 Å². The lowest BCUT2D eigenvalue weighted by Gasteiger charge is -2.37. The lowest BCUT2D eigenvalue weighted by atomic mass is 10.2. The molecule has 0 unspecified atom stereocenters. The first-order valence-corrected chi connectivity index (χ1v) is 7.47. The number of ether oxygens (including phenoxy) is 2. The molecule has 1 saturated heterocycles. The minimum atomic E-state index is -0.471. The molecule has 1 aliphatic heterocycles. The number of nitrogens with zero attached hydrogens (tertiary/aromatic N) is 2. The molecule has 0 atom stereocenters. The van der Waals surface area contributed by atoms with E-state index in [1.807, 2.05) is 39.0 Å². The van der Waals surface area contributed by atoms with Gasteiger partial charge in [-0.15, -0.1) is 0 Å². The number of piperazine rings is 1. The number of nitrogen functional groups attached to an aromatic ring is 1. The molecule has 122 valence electrons. The largest absolute Gasteiger partial charge is 0.495 e. The average molecular weight is 307 g/mol. The van der Waals surface area contributed by atoms with Crippen molar-refractivity contribution >= 4 is 17.5 Å². The SMILES string of the molecule is COc1cccc(N)c1N1CCN(C(=O)OC(C)(C)C)CC1. The molecule has 1 aliphatic rings. The van der Waals surface area contributed by atoms with Gasteiger partial charge >= 0.3 is 6.09 Å². The molecule has 0 spiro atoms. The van der Waals surface area contributed by atoms with Crippen LogP contribution in [0.5, 0.6) is 5.75 Å². The highest BCUT2D eigenvalue weighted by Gasteiger charge is 2.27. The van der Waals surface area contributed by atoms with Crippen LogP contribution in [-0.4, -0.2) is 49.9 Å². The van der Waals surface area contributed by atoms with Crippen LogP contribution in [0, 0.1) is 0 Å². The summed E-state index contributed by atoms with van der Waals surface area (Å²) in [6.45, 7) is 8.22. The Balaban J connectivity index is 2.02. The summed E-state index contributed by atoms with van der Waals surface area (Å²) in [6.07, 6.45) is -0.264. The van der Waals surface area contributed by atoms with Gasteiger partial charge in [-0.2, -0.15) is 0 Å². The van der Waals surface area contributed by atoms with Gasteiger partial charge in [-0.1, -0.05) is 6.07 Å². The molecule has 1 aromatic carbocycles. The van der Waals surface area contributed by atoms with Crippen molar-refractivity contribution in [2.45, 2.75) is 26.4 Å². The fourth-order valence-electron chi connectivity index (χ4n) is 2.48. The summed E-state index contributed by atoms with van der Waals surface area (Å²) in [5, 5.41) is 0. The van der Waals surface area contributed by atoms with Crippen molar-refractivity contribution in [1.82, 2.24) is 4.90 Å². The van der Waals surface area contributed by atoms with Gasteiger partial charge in [0.05, 0.1) is 12.8 Å². The zero-order valence-electron chi connectivity index (χ0n) is 13.8. The molecule has 22 heavy (non-hydrogen) atoms. The van der Waals surface area contributed by atoms with Crippen LogP contribution in [0.2, 0.25) is 0 Å². The Hall–Kier alpha value is -2.11. The van der Waals surface area contributed by atoms with Crippen molar-refractivity contribution in [2.75, 3.05) is 43.9 Å². The highest BCUT2D eigenvalue weighted by Crippen LogP contribution is 2.34. The van der Waals surface area contributed by atoms with Gasteiger partial charge < -0.3 is 25.0 Å². The number of hydrogen-bond donors (Lipinski definition) is 1. The first kappa shape index (κ1) is 16.3. The van der Waals surface area contributed by atoms with Crippen LogP contribution in [-0.2, 0) is 4.74 Å². The van der Waals surface area contributed by atoms with Gasteiger partial charge in [0.1, 0.15) is 17.0 Å². The van der Waals surface area contributed by atoms with Gasteiger partial charge in [-0.05, 0) is 32.9 Å². The molecular formula is C16H25N3O3. The van der Waals surface area contributed by atoms with Crippen molar-refractivity contribution in [3.63, 3.8) is 0 Å². The number of benzene rings is 1. The van der Waals surface area contributed by atoms with E-state index in [-0.39, 0.29) is 6.09 Å². The van der Waals surface area contributed by atoms with E-state index in [0.717, 1.165) is 11.4 Å². The van der Waals surface area contributed by atoms with Gasteiger partial charge in [0.15, 0.2) is 0 Å². The minimum absolute atomic E-state index is 0.264. The second-order valence-electron chi connectivity index (χ2n) is 6.35. The Labute approximate surface area is 131 Å². The molecule has 1 aromatic rings. The van der Waals surface area contributed by atoms with Crippen LogP contribution < -0.4 is 15.4 Å². The molecule has 1 amide bonds. The molecule has 2 rings (SSSR count). The summed E-state index contributed by atoms with van der Waals surface area (Å²) in [6, 6.07) is 5.62. The molecule has 1 fully saturated rings. The van der Waals surface area contributed by atoms with E-state index in [1.54, 1.807) is 12.0 Å². The summed E-state index contributed by atoms with van der Waals surface area (Å²) >= 11 is 0. The average Bonchev–Trinajstić information content (AvgIpc) is 2.45. The van der Waals surface area contributed by atoms with E-state index in [9.17, 15) is 4.79 Å². The molecule has 0 saturated carbocycles. The third-order valence-corrected chi connectivity index (χ3v) is 3.50. The van der Waals surface area contributed by atoms with Crippen LogP contribution in [0.15, 0.2) is 18.2 Å². The van der Waals surface area contributed by atoms with Crippen LogP contribution in [0.25, 0.3) is 0 Å². The molecule has 6 nitrogen and oxygen atoms in total. The number of para-hydroxylation sites is 1. The van der Waals surface area contributed by atoms with Crippen LogP contribution >= 0.6 is 0 Å². The number of amides is 1. The third kappa shape index (κ3) is 3.75. The summed E-state index contributed by atoms with van der Waals surface area (Å²) in [5.41, 5.74) is 7.19. The number of rotatable bonds is 2. The highest BCUT2D eigenvalue weighted by molar-refractivity contribution is 5.75. The second-order valence-corrected chi connectivity index (χ2v) is 6.35. The molecule has 0 aromatic heterocycles. The van der Waals surface area contributed by atoms with Crippen molar-refractivity contribution < 1.29 is 14.3 Å². The normalized spacial score (nSPS) is 15.6. The quantitative estimate of drug-likeness (QED) is 0.849. The fraction of sp³-hybridized carbons (Fsp3) is 0.562. The Kier molecular flexibility index (Phi) is 4.68. The summed E-state index contributed by atoms with van der Waals surface area (Å²) in [4.78, 5) is 16.0. The second kappa shape index (κ2) is 6.34. The maximum Gasteiger partial charge on any atom is 0.410 e. The third-order valence-electron chi connectivity index (χ3n) is 3.50. The number of anilines is 2. The van der Waals surface area contributed by atoms with E-state index in [1.165, 1.54) is 0 Å². The summed E-state index contributed by atoms with van der Waals surface area (Å²) < 4.78 is 10.8. The predicted molar refractivity (Wildman–Crippen MR) is 87.4 cm³/mol. The molecule has 1 heterocycles. The Morgan fingerprint density at radius 2 is 1.82 bits per heavy atom. The van der Waals surface area contributed by atoms with E-state index in [4.69, 9.17) is 15.2 Å². The van der Waals surface area contributed by atoms with E-state index >= 15 is 0 Å². The lowest BCUT2D eigenvalue weighted by molar-refractivity contribution is 0.0240. The van der Waals surface area contributed by atoms with E-state index in [0.29, 0.717) is 31.9 Å². The zero-order valence-corrected chi connectivity index (χ0v) is 13.8. The number of nitrogens with two attached hydrogens (primary N) is 1. The first-order valence-electron chi connectivity index (χ1n) is 7.47. The number of hydrogen-bond acceptors (Lipinski definition) is 5. The van der Waals surface area contributed by atoms with Crippen LogP contribution in [0.3, 0.4) is 0 Å². The molecule has 0 aliphatic carbocycles. The van der Waals surface area contributed by atoms with Gasteiger partial charge in [0.25, 0.3) is 0 Å². The lowest BCUT2D eigenvalue weighted by Crippen LogP contribution is -2.50. The zero-order chi connectivity index (χ0) is 16.3. The van der Waals surface area contributed by atoms with Gasteiger partial charge in [0, 0.05) is 26.2 Å². The Bertz CT molecular complexity index is 532. The van der Waals surface area contributed by atoms with Crippen molar-refractivity contribution in [2.24, 2.45) is 0 Å². The van der Waals surface area contributed by atoms with Crippen molar-refractivity contribution in [3.8, 4) is 5.75 Å². The van der Waals surface area contributed by atoms with Crippen molar-refractivity contribution in [3.05, 3.63) is 18.2 Å². The number of carbonyl (C=O) groups excluding carboxylic acids is 1. The van der Waals surface area contributed by atoms with Crippen LogP contribution in [0.4, 0.5) is 16.2 Å². The first-order chi connectivity index (χ1) is 10.3. The molecule has 0 bridgehead atoms. The maximum atomic E-state index is 12.1. The van der Waals surface area contributed by atoms with Gasteiger partial charge in [-0.25, -0.2) is 4.79 Å². The minimum Gasteiger partial charge on any atom is -0.495 e. The predicted octanol–water partition coefficient (Wildman–Crippen LogP) is 2.33. The standard InChI is InChI=1S/C16H25N3O3/c1-16(2,3)22-15(20)19-10-8-18(9-11-19)14-12(17)6-5-7-13(14)21-4/h5-7H,8-11,17H2,1-4H3. The fourth-order valence-corrected chi connectivity index (χ4v) is 2.48. The molecular weight excluding hydrogens is 282 g/mol. The van der Waals surface area contributed by atoms with Crippen molar-refractivity contribution in [1.29, 1.82) is 0 Å².